The predicted molar refractivity (Wildman–Crippen MR) is 117 cm³/mol. The number of halogens is 1. The highest BCUT2D eigenvalue weighted by molar-refractivity contribution is 6.32. The minimum atomic E-state index is -1.02. The molecular weight excluding hydrogens is 402 g/mol. The summed E-state index contributed by atoms with van der Waals surface area (Å²) in [5.41, 5.74) is 1.87. The Balaban J connectivity index is 1.60. The Bertz CT molecular complexity index is 982. The number of hydrogen-bond acceptors (Lipinski definition) is 5. The van der Waals surface area contributed by atoms with Crippen LogP contribution in [0.15, 0.2) is 60.8 Å². The van der Waals surface area contributed by atoms with E-state index in [0.29, 0.717) is 35.4 Å². The monoisotopic (exact) mass is 425 g/mol. The average molecular weight is 426 g/mol. The third-order valence-corrected chi connectivity index (χ3v) is 4.84. The van der Waals surface area contributed by atoms with Crippen molar-refractivity contribution in [3.63, 3.8) is 0 Å². The largest absolute Gasteiger partial charge is 0.487 e. The number of nitrogens with one attached hydrogen (secondary N) is 1. The summed E-state index contributed by atoms with van der Waals surface area (Å²) < 4.78 is 5.83. The second-order valence-corrected chi connectivity index (χ2v) is 7.35. The zero-order valence-corrected chi connectivity index (χ0v) is 17.5. The maximum Gasteiger partial charge on any atom is 0.339 e. The van der Waals surface area contributed by atoms with Gasteiger partial charge in [0.1, 0.15) is 11.9 Å². The molecule has 1 heterocycles. The van der Waals surface area contributed by atoms with Crippen LogP contribution in [0.2, 0.25) is 5.02 Å². The molecule has 0 spiro atoms. The first kappa shape index (κ1) is 21.6. The van der Waals surface area contributed by atoms with Crippen LogP contribution in [-0.4, -0.2) is 33.7 Å². The van der Waals surface area contributed by atoms with Crippen LogP contribution in [0.25, 0.3) is 0 Å². The molecule has 156 valence electrons. The van der Waals surface area contributed by atoms with Crippen molar-refractivity contribution in [3.8, 4) is 5.75 Å². The molecule has 0 aliphatic rings. The lowest BCUT2D eigenvalue weighted by Crippen LogP contribution is -2.24. The molecular formula is C23H24ClN3O3. The molecule has 0 amide bonds. The van der Waals surface area contributed by atoms with Gasteiger partial charge in [0.05, 0.1) is 22.8 Å². The van der Waals surface area contributed by atoms with E-state index in [-0.39, 0.29) is 11.7 Å². The van der Waals surface area contributed by atoms with E-state index in [0.717, 1.165) is 12.8 Å². The van der Waals surface area contributed by atoms with E-state index in [1.165, 1.54) is 11.8 Å². The summed E-state index contributed by atoms with van der Waals surface area (Å²) in [6, 6.07) is 17.4. The molecule has 1 unspecified atom stereocenters. The molecule has 0 radical (unpaired) electrons. The number of carboxylic acids is 1. The van der Waals surface area contributed by atoms with Crippen molar-refractivity contribution in [1.82, 2.24) is 9.97 Å². The normalized spacial score (nSPS) is 11.7. The number of carboxylic acid groups (broad SMARTS) is 1. The van der Waals surface area contributed by atoms with E-state index in [2.05, 4.69) is 27.4 Å². The molecule has 1 aromatic heterocycles. The Morgan fingerprint density at radius 1 is 1.13 bits per heavy atom. The van der Waals surface area contributed by atoms with Gasteiger partial charge in [0.25, 0.3) is 0 Å². The summed E-state index contributed by atoms with van der Waals surface area (Å²) in [6.07, 6.45) is 3.38. The summed E-state index contributed by atoms with van der Waals surface area (Å²) in [6.45, 7) is 2.35. The average Bonchev–Trinajstić information content (AvgIpc) is 2.74. The molecule has 0 saturated heterocycles. The summed E-state index contributed by atoms with van der Waals surface area (Å²) in [5, 5.41) is 13.1. The highest BCUT2D eigenvalue weighted by atomic mass is 35.5. The van der Waals surface area contributed by atoms with Gasteiger partial charge in [-0.2, -0.15) is 0 Å². The molecule has 7 heteroatoms. The van der Waals surface area contributed by atoms with Crippen LogP contribution in [0, 0.1) is 0 Å². The fourth-order valence-corrected chi connectivity index (χ4v) is 3.19. The molecule has 0 saturated carbocycles. The minimum Gasteiger partial charge on any atom is -0.487 e. The summed E-state index contributed by atoms with van der Waals surface area (Å²) in [4.78, 5) is 20.1. The first-order valence-electron chi connectivity index (χ1n) is 9.81. The molecule has 2 aromatic carbocycles. The van der Waals surface area contributed by atoms with Crippen LogP contribution in [0.4, 0.5) is 5.95 Å². The van der Waals surface area contributed by atoms with Gasteiger partial charge in [0, 0.05) is 6.20 Å². The smallest absolute Gasteiger partial charge is 0.339 e. The van der Waals surface area contributed by atoms with Crippen molar-refractivity contribution >= 4 is 23.5 Å². The van der Waals surface area contributed by atoms with E-state index < -0.39 is 5.97 Å². The maximum atomic E-state index is 11.5. The number of hydrogen-bond donors (Lipinski definition) is 2. The molecule has 3 aromatic rings. The van der Waals surface area contributed by atoms with Crippen molar-refractivity contribution in [2.75, 3.05) is 11.9 Å². The van der Waals surface area contributed by atoms with E-state index in [1.54, 1.807) is 6.07 Å². The van der Waals surface area contributed by atoms with Gasteiger partial charge >= 0.3 is 5.97 Å². The number of rotatable bonds is 10. The Hall–Kier alpha value is -3.12. The van der Waals surface area contributed by atoms with Crippen LogP contribution in [0.5, 0.6) is 5.75 Å². The Morgan fingerprint density at radius 2 is 1.87 bits per heavy atom. The quantitative estimate of drug-likeness (QED) is 0.481. The fraction of sp³-hybridized carbons (Fsp3) is 0.261. The lowest BCUT2D eigenvalue weighted by molar-refractivity contribution is 0.0694. The topological polar surface area (TPSA) is 84.3 Å². The number of benzene rings is 2. The maximum absolute atomic E-state index is 11.5. The first-order chi connectivity index (χ1) is 14.5. The van der Waals surface area contributed by atoms with Crippen molar-refractivity contribution in [1.29, 1.82) is 0 Å². The highest BCUT2D eigenvalue weighted by Gasteiger charge is 2.14. The lowest BCUT2D eigenvalue weighted by Gasteiger charge is -2.16. The number of anilines is 1. The van der Waals surface area contributed by atoms with E-state index in [4.69, 9.17) is 16.3 Å². The van der Waals surface area contributed by atoms with Gasteiger partial charge in [-0.15, -0.1) is 0 Å². The number of aromatic nitrogens is 2. The van der Waals surface area contributed by atoms with Crippen LogP contribution in [0.3, 0.4) is 0 Å². The molecule has 6 nitrogen and oxygen atoms in total. The van der Waals surface area contributed by atoms with Crippen LogP contribution in [-0.2, 0) is 12.8 Å². The number of aryl methyl sites for hydroxylation is 2. The second kappa shape index (κ2) is 10.6. The van der Waals surface area contributed by atoms with Crippen molar-refractivity contribution in [3.05, 3.63) is 82.6 Å². The van der Waals surface area contributed by atoms with Gasteiger partial charge in [0.2, 0.25) is 5.95 Å². The zero-order valence-electron chi connectivity index (χ0n) is 16.7. The molecule has 0 fully saturated rings. The van der Waals surface area contributed by atoms with E-state index in [1.807, 2.05) is 43.3 Å². The van der Waals surface area contributed by atoms with Gasteiger partial charge in [-0.05, 0) is 43.9 Å². The summed E-state index contributed by atoms with van der Waals surface area (Å²) in [5.74, 6) is -0.0341. The van der Waals surface area contributed by atoms with Gasteiger partial charge < -0.3 is 15.2 Å². The summed E-state index contributed by atoms with van der Waals surface area (Å²) in [7, 11) is 0. The highest BCUT2D eigenvalue weighted by Crippen LogP contribution is 2.24. The van der Waals surface area contributed by atoms with Crippen LogP contribution in [0.1, 0.15) is 35.0 Å². The molecule has 30 heavy (non-hydrogen) atoms. The SMILES string of the molecule is CC(CNc1ncc(C(=O)O)c(CCCc2ccccc2)n1)Oc1ccccc1Cl. The van der Waals surface area contributed by atoms with Crippen molar-refractivity contribution < 1.29 is 14.6 Å². The number of para-hydroxylation sites is 1. The number of ether oxygens (including phenoxy) is 1. The van der Waals surface area contributed by atoms with Crippen molar-refractivity contribution in [2.45, 2.75) is 32.3 Å². The van der Waals surface area contributed by atoms with Crippen LogP contribution < -0.4 is 10.1 Å². The molecule has 1 atom stereocenters. The van der Waals surface area contributed by atoms with Crippen LogP contribution >= 0.6 is 11.6 Å². The van der Waals surface area contributed by atoms with Gasteiger partial charge in [-0.1, -0.05) is 54.1 Å². The lowest BCUT2D eigenvalue weighted by atomic mass is 10.1. The number of carbonyl (C=O) groups is 1. The predicted octanol–water partition coefficient (Wildman–Crippen LogP) is 4.88. The van der Waals surface area contributed by atoms with E-state index in [9.17, 15) is 9.90 Å². The van der Waals surface area contributed by atoms with Crippen molar-refractivity contribution in [2.24, 2.45) is 0 Å². The Morgan fingerprint density at radius 3 is 2.60 bits per heavy atom. The standard InChI is InChI=1S/C23H24ClN3O3/c1-16(30-21-13-6-5-11-19(21)24)14-25-23-26-15-18(22(28)29)20(27-23)12-7-10-17-8-3-2-4-9-17/h2-6,8-9,11,13,15-16H,7,10,12,14H2,1H3,(H,28,29)(H,25,26,27). The molecule has 2 N–H and O–H groups in total. The van der Waals surface area contributed by atoms with Gasteiger partial charge in [-0.3, -0.25) is 0 Å². The molecule has 0 bridgehead atoms. The first-order valence-corrected chi connectivity index (χ1v) is 10.2. The Labute approximate surface area is 180 Å². The second-order valence-electron chi connectivity index (χ2n) is 6.94. The van der Waals surface area contributed by atoms with Gasteiger partial charge in [-0.25, -0.2) is 14.8 Å². The van der Waals surface area contributed by atoms with Gasteiger partial charge in [0.15, 0.2) is 0 Å². The number of aromatic carboxylic acids is 1. The molecule has 3 rings (SSSR count). The zero-order chi connectivity index (χ0) is 21.3. The minimum absolute atomic E-state index is 0.133. The van der Waals surface area contributed by atoms with E-state index >= 15 is 0 Å². The number of nitrogens with zero attached hydrogens (tertiary/aromatic N) is 2. The molecule has 0 aliphatic heterocycles. The Kier molecular flexibility index (Phi) is 7.63. The third-order valence-electron chi connectivity index (χ3n) is 4.53. The molecule has 0 aliphatic carbocycles. The fourth-order valence-electron chi connectivity index (χ4n) is 3.01. The third kappa shape index (κ3) is 6.19. The summed E-state index contributed by atoms with van der Waals surface area (Å²) >= 11 is 6.12.